The van der Waals surface area contributed by atoms with Crippen LogP contribution in [0.3, 0.4) is 0 Å². The molecular formula is C32H32N2Na4O9. The largest absolute Gasteiger partial charge is 1.00 e. The molecule has 0 amide bonds. The molecule has 47 heavy (non-hydrogen) atoms. The Hall–Kier alpha value is -0.930. The molecule has 0 heterocycles. The molecule has 2 aromatic rings. The van der Waals surface area contributed by atoms with Crippen LogP contribution < -0.4 is 148 Å². The van der Waals surface area contributed by atoms with Crippen molar-refractivity contribution in [3.63, 3.8) is 0 Å². The number of carboxylic acid groups (broad SMARTS) is 4. The van der Waals surface area contributed by atoms with E-state index in [-0.39, 0.29) is 176 Å². The van der Waals surface area contributed by atoms with Crippen molar-refractivity contribution in [3.8, 4) is 0 Å². The van der Waals surface area contributed by atoms with Gasteiger partial charge >= 0.3 is 118 Å². The summed E-state index contributed by atoms with van der Waals surface area (Å²) in [5.41, 5.74) is 4.10. The van der Waals surface area contributed by atoms with E-state index in [9.17, 15) is 44.4 Å². The Morgan fingerprint density at radius 2 is 0.809 bits per heavy atom. The molecule has 1 aliphatic carbocycles. The average Bonchev–Trinajstić information content (AvgIpc) is 2.96. The average molecular weight is 681 g/mol. The van der Waals surface area contributed by atoms with Gasteiger partial charge in [0, 0.05) is 98.3 Å². The van der Waals surface area contributed by atoms with Crippen LogP contribution in [-0.4, -0.2) is 55.8 Å². The van der Waals surface area contributed by atoms with Crippen LogP contribution in [0, 0.1) is 0 Å². The van der Waals surface area contributed by atoms with Crippen LogP contribution in [0.1, 0.15) is 56.1 Å². The third-order valence-electron chi connectivity index (χ3n) is 7.02. The van der Waals surface area contributed by atoms with Gasteiger partial charge in [-0.3, -0.25) is 4.79 Å². The second kappa shape index (κ2) is 25.1. The van der Waals surface area contributed by atoms with E-state index in [2.05, 4.69) is 0 Å². The fraction of sp³-hybridized carbons (Fsp3) is 0.344. The first-order chi connectivity index (χ1) is 20.5. The Kier molecular flexibility index (Phi) is 25.7. The van der Waals surface area contributed by atoms with Crippen molar-refractivity contribution >= 4 is 53.2 Å². The summed E-state index contributed by atoms with van der Waals surface area (Å²) in [6.45, 7) is 0.339. The van der Waals surface area contributed by atoms with E-state index in [4.69, 9.17) is 0 Å². The summed E-state index contributed by atoms with van der Waals surface area (Å²) >= 11 is 0. The van der Waals surface area contributed by atoms with E-state index in [1.165, 1.54) is 0 Å². The fourth-order valence-corrected chi connectivity index (χ4v) is 4.79. The van der Waals surface area contributed by atoms with Gasteiger partial charge in [-0.05, 0) is 66.8 Å². The summed E-state index contributed by atoms with van der Waals surface area (Å²) in [7, 11) is 0. The van der Waals surface area contributed by atoms with Gasteiger partial charge in [0.05, 0.1) is 0 Å². The molecule has 1 fully saturated rings. The van der Waals surface area contributed by atoms with Crippen molar-refractivity contribution in [2.45, 2.75) is 44.9 Å². The molecule has 0 N–H and O–H groups in total. The normalized spacial score (nSPS) is 13.7. The number of carbonyl (C=O) groups excluding carboxylic acids is 5. The minimum atomic E-state index is -1.24. The molecule has 0 aliphatic heterocycles. The maximum Gasteiger partial charge on any atom is 1.00 e. The second-order valence-corrected chi connectivity index (χ2v) is 10.2. The predicted octanol–water partition coefficient (Wildman–Crippen LogP) is -12.9. The van der Waals surface area contributed by atoms with Crippen LogP contribution in [0.5, 0.6) is 0 Å². The molecule has 0 radical (unpaired) electrons. The summed E-state index contributed by atoms with van der Waals surface area (Å²) in [6, 6.07) is 14.1. The summed E-state index contributed by atoms with van der Waals surface area (Å²) in [6.07, 6.45) is 4.58. The van der Waals surface area contributed by atoms with Crippen LogP contribution in [-0.2, 0) is 24.0 Å². The standard InChI is InChI=1S/C32H36N2O9.4Na/c35-28(36)12-16-33(17-13-29(37)38)26-8-4-22(5-9-26)20-24-2-1-3-25(32(24)43)21-23-6-10-27(11-7-23)34(18-14-30(39)40)19-15-31(41)42;;;;/h4-11,20-21H,1-3,12-19H2,(H,35,36)(H,37,38)(H,39,40)(H,41,42);;;;/q;4*+1/p-4/b24-20+,25-21+;;;;. The number of rotatable bonds is 16. The monoisotopic (exact) mass is 680 g/mol. The molecule has 0 aromatic heterocycles. The van der Waals surface area contributed by atoms with E-state index in [0.29, 0.717) is 35.4 Å². The number of Topliss-reactive ketones (excluding diaryl/α,β-unsaturated/α-hetero) is 1. The molecule has 11 nitrogen and oxygen atoms in total. The van der Waals surface area contributed by atoms with Crippen molar-refractivity contribution in [2.24, 2.45) is 0 Å². The van der Waals surface area contributed by atoms with Crippen molar-refractivity contribution in [1.29, 1.82) is 0 Å². The van der Waals surface area contributed by atoms with Gasteiger partial charge < -0.3 is 49.4 Å². The van der Waals surface area contributed by atoms with E-state index in [1.54, 1.807) is 70.5 Å². The van der Waals surface area contributed by atoms with Gasteiger partial charge in [-0.15, -0.1) is 0 Å². The Morgan fingerprint density at radius 1 is 0.532 bits per heavy atom. The molecule has 0 spiro atoms. The molecule has 2 aromatic carbocycles. The van der Waals surface area contributed by atoms with E-state index < -0.39 is 23.9 Å². The number of ketones is 1. The first kappa shape index (κ1) is 48.2. The number of allylic oxidation sites excluding steroid dienone is 2. The molecule has 0 bridgehead atoms. The van der Waals surface area contributed by atoms with Crippen LogP contribution >= 0.6 is 0 Å². The quantitative estimate of drug-likeness (QED) is 0.121. The molecule has 0 unspecified atom stereocenters. The Bertz CT molecular complexity index is 1260. The number of carbonyl (C=O) groups is 5. The van der Waals surface area contributed by atoms with Gasteiger partial charge in [0.25, 0.3) is 0 Å². The number of aliphatic carboxylic acids is 4. The van der Waals surface area contributed by atoms with Gasteiger partial charge in [-0.25, -0.2) is 0 Å². The summed E-state index contributed by atoms with van der Waals surface area (Å²) in [4.78, 5) is 60.1. The summed E-state index contributed by atoms with van der Waals surface area (Å²) in [5, 5.41) is 43.6. The molecule has 0 saturated heterocycles. The van der Waals surface area contributed by atoms with Crippen molar-refractivity contribution < 1.29 is 163 Å². The number of hydrogen-bond donors (Lipinski definition) is 0. The minimum absolute atomic E-state index is 0. The molecule has 15 heteroatoms. The van der Waals surface area contributed by atoms with E-state index >= 15 is 0 Å². The molecule has 228 valence electrons. The van der Waals surface area contributed by atoms with Crippen LogP contribution in [0.2, 0.25) is 0 Å². The topological polar surface area (TPSA) is 184 Å². The zero-order valence-electron chi connectivity index (χ0n) is 27.6. The second-order valence-electron chi connectivity index (χ2n) is 10.2. The fourth-order valence-electron chi connectivity index (χ4n) is 4.79. The maximum atomic E-state index is 13.3. The predicted molar refractivity (Wildman–Crippen MR) is 151 cm³/mol. The van der Waals surface area contributed by atoms with Gasteiger partial charge in [-0.1, -0.05) is 24.3 Å². The maximum absolute atomic E-state index is 13.3. The third-order valence-corrected chi connectivity index (χ3v) is 7.02. The first-order valence-electron chi connectivity index (χ1n) is 14.0. The van der Waals surface area contributed by atoms with Crippen molar-refractivity contribution in [2.75, 3.05) is 36.0 Å². The van der Waals surface area contributed by atoms with E-state index in [0.717, 1.165) is 17.5 Å². The third kappa shape index (κ3) is 17.5. The van der Waals surface area contributed by atoms with Crippen LogP contribution in [0.15, 0.2) is 59.7 Å². The zero-order valence-corrected chi connectivity index (χ0v) is 35.6. The van der Waals surface area contributed by atoms with Gasteiger partial charge in [0.1, 0.15) is 0 Å². The van der Waals surface area contributed by atoms with Gasteiger partial charge in [-0.2, -0.15) is 0 Å². The van der Waals surface area contributed by atoms with Crippen molar-refractivity contribution in [1.82, 2.24) is 0 Å². The van der Waals surface area contributed by atoms with Crippen LogP contribution in [0.25, 0.3) is 12.2 Å². The SMILES string of the molecule is O=C([O-])CCN(CCC(=O)[O-])c1ccc(/C=C2\CCC/C(=C\c3ccc(N(CCC(=O)[O-])CCC(=O)[O-])cc3)C2=O)cc1.[Na+].[Na+].[Na+].[Na+]. The first-order valence-corrected chi connectivity index (χ1v) is 14.0. The molecule has 1 saturated carbocycles. The summed E-state index contributed by atoms with van der Waals surface area (Å²) in [5.74, 6) is -5.02. The van der Waals surface area contributed by atoms with Gasteiger partial charge in [0.2, 0.25) is 0 Å². The summed E-state index contributed by atoms with van der Waals surface area (Å²) < 4.78 is 0. The number of nitrogens with zero attached hydrogens (tertiary/aromatic N) is 2. The minimum Gasteiger partial charge on any atom is -0.550 e. The number of hydrogen-bond acceptors (Lipinski definition) is 11. The molecular weight excluding hydrogens is 648 g/mol. The molecule has 1 aliphatic rings. The van der Waals surface area contributed by atoms with Crippen molar-refractivity contribution in [3.05, 3.63) is 70.8 Å². The number of anilines is 2. The number of carboxylic acids is 4. The van der Waals surface area contributed by atoms with Crippen LogP contribution in [0.4, 0.5) is 11.4 Å². The Morgan fingerprint density at radius 3 is 1.06 bits per heavy atom. The van der Waals surface area contributed by atoms with Gasteiger partial charge in [0.15, 0.2) is 5.78 Å². The zero-order chi connectivity index (χ0) is 31.4. The molecule has 3 rings (SSSR count). The molecule has 0 atom stereocenters. The number of benzene rings is 2. The Labute approximate surface area is 363 Å². The Balaban J connectivity index is 0. The smallest absolute Gasteiger partial charge is 0.550 e. The van der Waals surface area contributed by atoms with E-state index in [1.807, 2.05) is 0 Å².